The van der Waals surface area contributed by atoms with Crippen LogP contribution in [0.4, 0.5) is 5.82 Å². The zero-order valence-electron chi connectivity index (χ0n) is 13.2. The second-order valence-electron chi connectivity index (χ2n) is 5.37. The highest BCUT2D eigenvalue weighted by Crippen LogP contribution is 2.35. The highest BCUT2D eigenvalue weighted by Gasteiger charge is 2.46. The summed E-state index contributed by atoms with van der Waals surface area (Å²) in [5.41, 5.74) is 4.73. The molecular weight excluding hydrogens is 341 g/mol. The van der Waals surface area contributed by atoms with E-state index in [2.05, 4.69) is 4.98 Å². The van der Waals surface area contributed by atoms with Crippen molar-refractivity contribution in [3.63, 3.8) is 0 Å². The lowest BCUT2D eigenvalue weighted by Crippen LogP contribution is -2.37. The van der Waals surface area contributed by atoms with Crippen LogP contribution in [0.25, 0.3) is 0 Å². The van der Waals surface area contributed by atoms with Crippen LogP contribution in [0.3, 0.4) is 0 Å². The minimum atomic E-state index is -3.31. The van der Waals surface area contributed by atoms with Crippen molar-refractivity contribution in [1.82, 2.24) is 9.55 Å². The number of hydrogen-bond donors (Lipinski definition) is 3. The Kier molecular flexibility index (Phi) is 6.90. The molecule has 0 bridgehead atoms. The Morgan fingerprint density at radius 3 is 2.92 bits per heavy atom. The molecule has 136 valence electrons. The van der Waals surface area contributed by atoms with Gasteiger partial charge in [-0.3, -0.25) is 9.13 Å². The Bertz CT molecular complexity index is 626. The molecule has 10 nitrogen and oxygen atoms in total. The molecule has 1 saturated heterocycles. The highest BCUT2D eigenvalue weighted by atomic mass is 31.1. The summed E-state index contributed by atoms with van der Waals surface area (Å²) in [4.78, 5) is 24.5. The number of nitrogens with zero attached hydrogens (tertiary/aromatic N) is 2. The van der Waals surface area contributed by atoms with Crippen molar-refractivity contribution in [3.05, 3.63) is 22.7 Å². The Labute approximate surface area is 139 Å². The molecule has 4 N–H and O–H groups in total. The molecule has 0 spiro atoms. The lowest BCUT2D eigenvalue weighted by molar-refractivity contribution is -0.0673. The zero-order chi connectivity index (χ0) is 17.7. The van der Waals surface area contributed by atoms with Crippen LogP contribution < -0.4 is 11.4 Å². The van der Waals surface area contributed by atoms with Crippen molar-refractivity contribution >= 4 is 14.1 Å². The maximum Gasteiger partial charge on any atom is 0.351 e. The smallest absolute Gasteiger partial charge is 0.351 e. The predicted molar refractivity (Wildman–Crippen MR) is 84.6 cm³/mol. The number of aliphatic hydroxyl groups is 1. The molecule has 1 aliphatic heterocycles. The minimum absolute atomic E-state index is 0.0383. The molecule has 24 heavy (non-hydrogen) atoms. The third kappa shape index (κ3) is 4.62. The van der Waals surface area contributed by atoms with Crippen molar-refractivity contribution in [2.75, 3.05) is 18.9 Å². The van der Waals surface area contributed by atoms with E-state index in [1.165, 1.54) is 12.3 Å². The van der Waals surface area contributed by atoms with Crippen molar-refractivity contribution in [2.45, 2.75) is 44.3 Å². The zero-order valence-corrected chi connectivity index (χ0v) is 14.2. The number of nitrogen functional groups attached to an aromatic ring is 1. The van der Waals surface area contributed by atoms with E-state index in [1.807, 2.05) is 6.92 Å². The maximum atomic E-state index is 11.9. The summed E-state index contributed by atoms with van der Waals surface area (Å²) in [6.07, 6.45) is -1.22. The van der Waals surface area contributed by atoms with Crippen LogP contribution in [0, 0.1) is 0 Å². The fraction of sp³-hybridized carbons (Fsp3) is 0.692. The molecule has 1 aliphatic rings. The van der Waals surface area contributed by atoms with Gasteiger partial charge in [0.15, 0.2) is 6.23 Å². The van der Waals surface area contributed by atoms with Crippen LogP contribution in [0.15, 0.2) is 17.1 Å². The summed E-state index contributed by atoms with van der Waals surface area (Å²) in [7, 11) is -3.31. The van der Waals surface area contributed by atoms with Gasteiger partial charge >= 0.3 is 13.9 Å². The molecule has 1 fully saturated rings. The standard InChI is InChI=1S/C13H22N3O7P/c1-2-3-6-21-7-8-11(23-24(19)20)10(17)12(22-8)16-5-4-9(14)15-13(16)18/h4-5,8,10-12,17,24H,2-3,6-7H2,1H3,(H,19,20)(H2,14,15,18)/t8-,10-,11-,12-/m1/s1. The van der Waals surface area contributed by atoms with E-state index < -0.39 is 38.5 Å². The van der Waals surface area contributed by atoms with E-state index in [-0.39, 0.29) is 12.4 Å². The quantitative estimate of drug-likeness (QED) is 0.417. The number of hydrogen-bond acceptors (Lipinski definition) is 8. The number of unbranched alkanes of at least 4 members (excludes halogenated alkanes) is 1. The number of nitrogens with two attached hydrogens (primary N) is 1. The second-order valence-corrected chi connectivity index (χ2v) is 6.14. The van der Waals surface area contributed by atoms with Crippen molar-refractivity contribution in [3.8, 4) is 0 Å². The summed E-state index contributed by atoms with van der Waals surface area (Å²) in [5.74, 6) is 0.0383. The van der Waals surface area contributed by atoms with E-state index in [0.29, 0.717) is 6.61 Å². The molecule has 0 amide bonds. The van der Waals surface area contributed by atoms with Crippen LogP contribution in [0.5, 0.6) is 0 Å². The summed E-state index contributed by atoms with van der Waals surface area (Å²) in [6.45, 7) is 2.56. The Morgan fingerprint density at radius 1 is 1.54 bits per heavy atom. The van der Waals surface area contributed by atoms with E-state index in [0.717, 1.165) is 17.4 Å². The number of rotatable bonds is 8. The second kappa shape index (κ2) is 8.70. The average Bonchev–Trinajstić information content (AvgIpc) is 2.80. The number of anilines is 1. The highest BCUT2D eigenvalue weighted by molar-refractivity contribution is 7.32. The van der Waals surface area contributed by atoms with Crippen molar-refractivity contribution < 1.29 is 28.6 Å². The van der Waals surface area contributed by atoms with Gasteiger partial charge in [-0.2, -0.15) is 4.98 Å². The minimum Gasteiger partial charge on any atom is -0.386 e. The lowest BCUT2D eigenvalue weighted by Gasteiger charge is -2.19. The first-order valence-electron chi connectivity index (χ1n) is 7.59. The molecule has 0 radical (unpaired) electrons. The van der Waals surface area contributed by atoms with Gasteiger partial charge in [-0.1, -0.05) is 13.3 Å². The largest absolute Gasteiger partial charge is 0.386 e. The summed E-state index contributed by atoms with van der Waals surface area (Å²) >= 11 is 0. The number of ether oxygens (including phenoxy) is 2. The molecule has 2 heterocycles. The van der Waals surface area contributed by atoms with Gasteiger partial charge in [0.05, 0.1) is 6.61 Å². The Morgan fingerprint density at radius 2 is 2.29 bits per heavy atom. The van der Waals surface area contributed by atoms with E-state index in [4.69, 9.17) is 24.6 Å². The third-order valence-electron chi connectivity index (χ3n) is 3.60. The molecule has 0 aliphatic carbocycles. The monoisotopic (exact) mass is 363 g/mol. The van der Waals surface area contributed by atoms with E-state index >= 15 is 0 Å². The molecule has 5 atom stereocenters. The Balaban J connectivity index is 2.15. The normalized spacial score (nSPS) is 28.1. The molecule has 1 aromatic rings. The van der Waals surface area contributed by atoms with Gasteiger partial charge in [0, 0.05) is 12.8 Å². The Hall–Kier alpha value is -1.29. The fourth-order valence-electron chi connectivity index (χ4n) is 2.41. The van der Waals surface area contributed by atoms with Crippen molar-refractivity contribution in [2.24, 2.45) is 0 Å². The van der Waals surface area contributed by atoms with Gasteiger partial charge in [-0.15, -0.1) is 0 Å². The van der Waals surface area contributed by atoms with Gasteiger partial charge in [-0.25, -0.2) is 4.79 Å². The predicted octanol–water partition coefficient (Wildman–Crippen LogP) is -0.332. The van der Waals surface area contributed by atoms with Gasteiger partial charge in [0.2, 0.25) is 0 Å². The van der Waals surface area contributed by atoms with Crippen LogP contribution in [-0.2, 0) is 18.6 Å². The first kappa shape index (κ1) is 19.0. The van der Waals surface area contributed by atoms with Crippen LogP contribution in [-0.4, -0.2) is 51.1 Å². The van der Waals surface area contributed by atoms with Crippen molar-refractivity contribution in [1.29, 1.82) is 0 Å². The van der Waals surface area contributed by atoms with Crippen LogP contribution in [0.2, 0.25) is 0 Å². The van der Waals surface area contributed by atoms with Gasteiger partial charge in [0.1, 0.15) is 24.1 Å². The topological polar surface area (TPSA) is 146 Å². The van der Waals surface area contributed by atoms with Gasteiger partial charge in [0.25, 0.3) is 0 Å². The van der Waals surface area contributed by atoms with E-state index in [9.17, 15) is 14.5 Å². The summed E-state index contributed by atoms with van der Waals surface area (Å²) in [6, 6.07) is 1.38. The molecular formula is C13H22N3O7P. The maximum absolute atomic E-state index is 11.9. The molecule has 0 saturated carbocycles. The number of aliphatic hydroxyl groups excluding tert-OH is 1. The van der Waals surface area contributed by atoms with Gasteiger partial charge in [-0.05, 0) is 12.5 Å². The SMILES string of the molecule is CCCCOC[C@H]1O[C@@H](n2ccc(N)nc2=O)[C@H](O)[C@@H]1O[PH](=O)O. The molecule has 0 aromatic carbocycles. The molecule has 1 unspecified atom stereocenters. The molecule has 1 aromatic heterocycles. The molecule has 2 rings (SSSR count). The first-order valence-corrected chi connectivity index (χ1v) is 8.86. The number of aromatic nitrogens is 2. The summed E-state index contributed by atoms with van der Waals surface area (Å²) < 4.78 is 28.0. The van der Waals surface area contributed by atoms with Gasteiger partial charge < -0.3 is 29.7 Å². The average molecular weight is 363 g/mol. The third-order valence-corrected chi connectivity index (χ3v) is 4.07. The van der Waals surface area contributed by atoms with Crippen LogP contribution >= 0.6 is 8.25 Å². The summed E-state index contributed by atoms with van der Waals surface area (Å²) in [5, 5.41) is 10.4. The van der Waals surface area contributed by atoms with Crippen LogP contribution in [0.1, 0.15) is 26.0 Å². The van der Waals surface area contributed by atoms with E-state index in [1.54, 1.807) is 0 Å². The lowest BCUT2D eigenvalue weighted by atomic mass is 10.1. The fourth-order valence-corrected chi connectivity index (χ4v) is 2.93. The molecule has 11 heteroatoms. The first-order chi connectivity index (χ1) is 11.4.